The fourth-order valence-corrected chi connectivity index (χ4v) is 2.22. The summed E-state index contributed by atoms with van der Waals surface area (Å²) in [5.41, 5.74) is 6.13. The van der Waals surface area contributed by atoms with Crippen molar-refractivity contribution >= 4 is 0 Å². The maximum absolute atomic E-state index is 4.39. The van der Waals surface area contributed by atoms with Gasteiger partial charge in [-0.05, 0) is 50.1 Å². The number of aryl methyl sites for hydroxylation is 3. The normalized spacial score (nSPS) is 12.4. The lowest BCUT2D eigenvalue weighted by molar-refractivity contribution is 0.662. The third kappa shape index (κ3) is 2.41. The molecule has 0 radical (unpaired) electrons. The van der Waals surface area contributed by atoms with Crippen LogP contribution in [0, 0.1) is 20.8 Å². The number of hydrogen-bond acceptors (Lipinski definition) is 3. The van der Waals surface area contributed by atoms with E-state index in [9.17, 15) is 0 Å². The van der Waals surface area contributed by atoms with E-state index in [0.29, 0.717) is 0 Å². The van der Waals surface area contributed by atoms with Gasteiger partial charge in [0.2, 0.25) is 0 Å². The van der Waals surface area contributed by atoms with Crippen LogP contribution in [-0.2, 0) is 0 Å². The molecular formula is C15H19N3. The monoisotopic (exact) mass is 241 g/mol. The third-order valence-corrected chi connectivity index (χ3v) is 3.36. The van der Waals surface area contributed by atoms with Crippen LogP contribution in [0.4, 0.5) is 0 Å². The topological polar surface area (TPSA) is 37.8 Å². The molecule has 0 bridgehead atoms. The Bertz CT molecular complexity index is 535. The first-order valence-corrected chi connectivity index (χ1v) is 6.14. The minimum atomic E-state index is 0.0954. The van der Waals surface area contributed by atoms with Crippen molar-refractivity contribution in [2.24, 2.45) is 0 Å². The third-order valence-electron chi connectivity index (χ3n) is 3.36. The summed E-state index contributed by atoms with van der Waals surface area (Å²) < 4.78 is 0. The first kappa shape index (κ1) is 12.7. The van der Waals surface area contributed by atoms with Crippen LogP contribution in [0.15, 0.2) is 30.7 Å². The summed E-state index contributed by atoms with van der Waals surface area (Å²) in [5, 5.41) is 3.32. The van der Waals surface area contributed by atoms with Crippen molar-refractivity contribution in [3.05, 3.63) is 58.7 Å². The molecule has 0 fully saturated rings. The van der Waals surface area contributed by atoms with E-state index in [2.05, 4.69) is 48.2 Å². The van der Waals surface area contributed by atoms with Crippen LogP contribution in [0.2, 0.25) is 0 Å². The average Bonchev–Trinajstić information content (AvgIpc) is 2.38. The van der Waals surface area contributed by atoms with Crippen LogP contribution in [0.5, 0.6) is 0 Å². The molecule has 0 amide bonds. The molecule has 3 heteroatoms. The Morgan fingerprint density at radius 1 is 1.00 bits per heavy atom. The molecule has 0 saturated carbocycles. The predicted molar refractivity (Wildman–Crippen MR) is 73.6 cm³/mol. The first-order valence-electron chi connectivity index (χ1n) is 6.14. The first-order chi connectivity index (χ1) is 8.63. The fourth-order valence-electron chi connectivity index (χ4n) is 2.22. The Hall–Kier alpha value is -1.74. The Balaban J connectivity index is 2.49. The maximum atomic E-state index is 4.39. The van der Waals surface area contributed by atoms with Crippen LogP contribution in [0.25, 0.3) is 0 Å². The van der Waals surface area contributed by atoms with Crippen LogP contribution in [-0.4, -0.2) is 17.0 Å². The lowest BCUT2D eigenvalue weighted by Crippen LogP contribution is -2.20. The Labute approximate surface area is 108 Å². The van der Waals surface area contributed by atoms with Crippen LogP contribution < -0.4 is 5.32 Å². The van der Waals surface area contributed by atoms with E-state index >= 15 is 0 Å². The van der Waals surface area contributed by atoms with Gasteiger partial charge < -0.3 is 5.32 Å². The van der Waals surface area contributed by atoms with Crippen molar-refractivity contribution in [3.8, 4) is 0 Å². The van der Waals surface area contributed by atoms with E-state index in [-0.39, 0.29) is 6.04 Å². The van der Waals surface area contributed by atoms with Gasteiger partial charge in [0.05, 0.1) is 17.9 Å². The fraction of sp³-hybridized carbons (Fsp3) is 0.333. The average molecular weight is 241 g/mol. The van der Waals surface area contributed by atoms with Crippen molar-refractivity contribution in [1.82, 2.24) is 15.3 Å². The minimum Gasteiger partial charge on any atom is -0.308 e. The second kappa shape index (κ2) is 5.27. The highest BCUT2D eigenvalue weighted by atomic mass is 14.9. The predicted octanol–water partition coefficient (Wildman–Crippen LogP) is 2.71. The van der Waals surface area contributed by atoms with E-state index < -0.39 is 0 Å². The molecule has 1 aromatic carbocycles. The van der Waals surface area contributed by atoms with Crippen molar-refractivity contribution < 1.29 is 0 Å². The lowest BCUT2D eigenvalue weighted by atomic mass is 9.94. The van der Waals surface area contributed by atoms with Gasteiger partial charge in [-0.2, -0.15) is 0 Å². The zero-order valence-corrected chi connectivity index (χ0v) is 11.4. The highest BCUT2D eigenvalue weighted by molar-refractivity contribution is 5.40. The lowest BCUT2D eigenvalue weighted by Gasteiger charge is -2.19. The Kier molecular flexibility index (Phi) is 3.72. The Morgan fingerprint density at radius 3 is 2.33 bits per heavy atom. The SMILES string of the molecule is CNC(c1cnccn1)c1cc(C)c(C)cc1C. The summed E-state index contributed by atoms with van der Waals surface area (Å²) in [6.07, 6.45) is 5.25. The number of benzene rings is 1. The number of nitrogens with zero attached hydrogens (tertiary/aromatic N) is 2. The van der Waals surface area contributed by atoms with Crippen LogP contribution in [0.3, 0.4) is 0 Å². The highest BCUT2D eigenvalue weighted by Gasteiger charge is 2.16. The van der Waals surface area contributed by atoms with Crippen molar-refractivity contribution in [2.45, 2.75) is 26.8 Å². The van der Waals surface area contributed by atoms with E-state index in [1.165, 1.54) is 22.3 Å². The van der Waals surface area contributed by atoms with Crippen LogP contribution >= 0.6 is 0 Å². The van der Waals surface area contributed by atoms with Gasteiger partial charge in [0.1, 0.15) is 0 Å². The van der Waals surface area contributed by atoms with Crippen LogP contribution in [0.1, 0.15) is 34.0 Å². The van der Waals surface area contributed by atoms with Crippen molar-refractivity contribution in [2.75, 3.05) is 7.05 Å². The van der Waals surface area contributed by atoms with Crippen molar-refractivity contribution in [3.63, 3.8) is 0 Å². The van der Waals surface area contributed by atoms with E-state index in [4.69, 9.17) is 0 Å². The summed E-state index contributed by atoms with van der Waals surface area (Å²) >= 11 is 0. The largest absolute Gasteiger partial charge is 0.308 e. The van der Waals surface area contributed by atoms with Gasteiger partial charge in [-0.1, -0.05) is 12.1 Å². The number of hydrogen-bond donors (Lipinski definition) is 1. The molecule has 0 saturated heterocycles. The zero-order chi connectivity index (χ0) is 13.1. The molecule has 3 nitrogen and oxygen atoms in total. The van der Waals surface area contributed by atoms with E-state index in [1.807, 2.05) is 13.2 Å². The van der Waals surface area contributed by atoms with Gasteiger partial charge in [0, 0.05) is 12.4 Å². The van der Waals surface area contributed by atoms with E-state index in [0.717, 1.165) is 5.69 Å². The molecule has 0 aliphatic rings. The van der Waals surface area contributed by atoms with E-state index in [1.54, 1.807) is 12.4 Å². The molecule has 1 aromatic heterocycles. The summed E-state index contributed by atoms with van der Waals surface area (Å²) in [7, 11) is 1.95. The summed E-state index contributed by atoms with van der Waals surface area (Å²) in [5.74, 6) is 0. The molecule has 1 atom stereocenters. The number of aromatic nitrogens is 2. The quantitative estimate of drug-likeness (QED) is 0.897. The smallest absolute Gasteiger partial charge is 0.0801 e. The molecule has 18 heavy (non-hydrogen) atoms. The second-order valence-electron chi connectivity index (χ2n) is 4.65. The molecule has 0 aliphatic carbocycles. The summed E-state index contributed by atoms with van der Waals surface area (Å²) in [6.45, 7) is 6.42. The summed E-state index contributed by atoms with van der Waals surface area (Å²) in [6, 6.07) is 4.56. The molecule has 1 unspecified atom stereocenters. The molecule has 0 aliphatic heterocycles. The highest BCUT2D eigenvalue weighted by Crippen LogP contribution is 2.25. The minimum absolute atomic E-state index is 0.0954. The van der Waals surface area contributed by atoms with Gasteiger partial charge >= 0.3 is 0 Å². The molecule has 0 spiro atoms. The molecule has 2 aromatic rings. The standard InChI is InChI=1S/C15H19N3/c1-10-7-12(3)13(8-11(10)2)15(16-4)14-9-17-5-6-18-14/h5-9,15-16H,1-4H3. The number of nitrogens with one attached hydrogen (secondary N) is 1. The molecular weight excluding hydrogens is 222 g/mol. The second-order valence-corrected chi connectivity index (χ2v) is 4.65. The molecule has 1 heterocycles. The molecule has 1 N–H and O–H groups in total. The Morgan fingerprint density at radius 2 is 1.72 bits per heavy atom. The van der Waals surface area contributed by atoms with Gasteiger partial charge in [0.25, 0.3) is 0 Å². The van der Waals surface area contributed by atoms with Gasteiger partial charge in [-0.25, -0.2) is 0 Å². The zero-order valence-electron chi connectivity index (χ0n) is 11.4. The number of rotatable bonds is 3. The molecule has 2 rings (SSSR count). The summed E-state index contributed by atoms with van der Waals surface area (Å²) in [4.78, 5) is 8.54. The van der Waals surface area contributed by atoms with Gasteiger partial charge in [-0.3, -0.25) is 9.97 Å². The van der Waals surface area contributed by atoms with Gasteiger partial charge in [-0.15, -0.1) is 0 Å². The maximum Gasteiger partial charge on any atom is 0.0801 e. The van der Waals surface area contributed by atoms with Crippen molar-refractivity contribution in [1.29, 1.82) is 0 Å². The van der Waals surface area contributed by atoms with Gasteiger partial charge in [0.15, 0.2) is 0 Å². The molecule has 94 valence electrons.